The molecule has 0 aliphatic carbocycles. The molecular weight excluding hydrogens is 354 g/mol. The van der Waals surface area contributed by atoms with Gasteiger partial charge in [0.15, 0.2) is 0 Å². The summed E-state index contributed by atoms with van der Waals surface area (Å²) in [6.07, 6.45) is 0. The lowest BCUT2D eigenvalue weighted by Gasteiger charge is -2.32. The Hall–Kier alpha value is -3.25. The number of nitro groups is 1. The first-order valence-corrected chi connectivity index (χ1v) is 9.46. The maximum Gasteiger partial charge on any atom is 0.269 e. The standard InChI is InChI=1S/C22H21N3O3/c26-22(21-10-4-7-18-6-1-2-9-20(18)21)24-13-11-23(12-14-24)16-17-5-3-8-19(15-17)25(27)28/h1-10,15H,11-14,16H2/p+1. The van der Waals surface area contributed by atoms with Crippen molar-refractivity contribution in [3.05, 3.63) is 88.0 Å². The van der Waals surface area contributed by atoms with E-state index in [1.54, 1.807) is 12.1 Å². The van der Waals surface area contributed by atoms with Crippen molar-refractivity contribution >= 4 is 22.4 Å². The fraction of sp³-hybridized carbons (Fsp3) is 0.227. The van der Waals surface area contributed by atoms with E-state index in [2.05, 4.69) is 0 Å². The monoisotopic (exact) mass is 376 g/mol. The second kappa shape index (κ2) is 7.78. The van der Waals surface area contributed by atoms with Crippen molar-refractivity contribution in [2.75, 3.05) is 26.2 Å². The van der Waals surface area contributed by atoms with Gasteiger partial charge in [0.2, 0.25) is 0 Å². The van der Waals surface area contributed by atoms with Crippen LogP contribution in [0.3, 0.4) is 0 Å². The quantitative estimate of drug-likeness (QED) is 0.561. The molecule has 0 atom stereocenters. The van der Waals surface area contributed by atoms with E-state index in [9.17, 15) is 14.9 Å². The van der Waals surface area contributed by atoms with Gasteiger partial charge in [-0.2, -0.15) is 0 Å². The highest BCUT2D eigenvalue weighted by molar-refractivity contribution is 6.07. The number of rotatable bonds is 4. The Balaban J connectivity index is 1.42. The van der Waals surface area contributed by atoms with Crippen LogP contribution < -0.4 is 4.90 Å². The van der Waals surface area contributed by atoms with Crippen LogP contribution in [0.2, 0.25) is 0 Å². The summed E-state index contributed by atoms with van der Waals surface area (Å²) in [5.41, 5.74) is 1.83. The minimum atomic E-state index is -0.361. The molecule has 0 aromatic heterocycles. The van der Waals surface area contributed by atoms with Crippen LogP contribution in [0.5, 0.6) is 0 Å². The molecule has 1 N–H and O–H groups in total. The fourth-order valence-corrected chi connectivity index (χ4v) is 3.85. The zero-order chi connectivity index (χ0) is 19.5. The van der Waals surface area contributed by atoms with Gasteiger partial charge in [-0.05, 0) is 16.8 Å². The van der Waals surface area contributed by atoms with Crippen molar-refractivity contribution < 1.29 is 14.6 Å². The number of carbonyl (C=O) groups excluding carboxylic acids is 1. The molecule has 0 spiro atoms. The van der Waals surface area contributed by atoms with Crippen molar-refractivity contribution in [1.29, 1.82) is 0 Å². The highest BCUT2D eigenvalue weighted by atomic mass is 16.6. The van der Waals surface area contributed by atoms with Gasteiger partial charge in [-0.15, -0.1) is 0 Å². The zero-order valence-corrected chi connectivity index (χ0v) is 15.5. The number of nitro benzene ring substituents is 1. The number of nitrogens with zero attached hydrogens (tertiary/aromatic N) is 2. The Morgan fingerprint density at radius 1 is 1.00 bits per heavy atom. The lowest BCUT2D eigenvalue weighted by atomic mass is 10.0. The van der Waals surface area contributed by atoms with Gasteiger partial charge in [0.1, 0.15) is 6.54 Å². The summed E-state index contributed by atoms with van der Waals surface area (Å²) in [5.74, 6) is 0.0752. The van der Waals surface area contributed by atoms with Crippen molar-refractivity contribution in [2.24, 2.45) is 0 Å². The number of amides is 1. The average Bonchev–Trinajstić information content (AvgIpc) is 2.73. The Bertz CT molecular complexity index is 1020. The summed E-state index contributed by atoms with van der Waals surface area (Å²) in [7, 11) is 0. The topological polar surface area (TPSA) is 67.9 Å². The van der Waals surface area contributed by atoms with E-state index in [4.69, 9.17) is 0 Å². The van der Waals surface area contributed by atoms with Crippen LogP contribution in [-0.2, 0) is 6.54 Å². The molecule has 1 fully saturated rings. The van der Waals surface area contributed by atoms with Gasteiger partial charge in [0.25, 0.3) is 11.6 Å². The first-order chi connectivity index (χ1) is 13.6. The second-order valence-electron chi connectivity index (χ2n) is 7.17. The van der Waals surface area contributed by atoms with Gasteiger partial charge in [-0.1, -0.05) is 48.5 Å². The lowest BCUT2D eigenvalue weighted by Crippen LogP contribution is -3.13. The molecule has 0 radical (unpaired) electrons. The molecule has 6 heteroatoms. The van der Waals surface area contributed by atoms with Crippen LogP contribution in [0.15, 0.2) is 66.7 Å². The molecule has 1 aliphatic heterocycles. The highest BCUT2D eigenvalue weighted by Gasteiger charge is 2.25. The van der Waals surface area contributed by atoms with Crippen LogP contribution in [0, 0.1) is 10.1 Å². The molecule has 0 bridgehead atoms. The number of carbonyl (C=O) groups is 1. The van der Waals surface area contributed by atoms with Crippen LogP contribution in [0.25, 0.3) is 10.8 Å². The van der Waals surface area contributed by atoms with Crippen molar-refractivity contribution in [3.63, 3.8) is 0 Å². The van der Waals surface area contributed by atoms with Crippen molar-refractivity contribution in [2.45, 2.75) is 6.54 Å². The Morgan fingerprint density at radius 3 is 2.50 bits per heavy atom. The Kier molecular flexibility index (Phi) is 5.04. The van der Waals surface area contributed by atoms with Gasteiger partial charge in [-0.3, -0.25) is 14.9 Å². The summed E-state index contributed by atoms with van der Waals surface area (Å²) >= 11 is 0. The number of benzene rings is 3. The number of non-ortho nitro benzene ring substituents is 1. The summed E-state index contributed by atoms with van der Waals surface area (Å²) in [4.78, 5) is 26.9. The lowest BCUT2D eigenvalue weighted by molar-refractivity contribution is -0.917. The zero-order valence-electron chi connectivity index (χ0n) is 15.5. The maximum atomic E-state index is 13.0. The predicted molar refractivity (Wildman–Crippen MR) is 107 cm³/mol. The Labute approximate surface area is 163 Å². The first-order valence-electron chi connectivity index (χ1n) is 9.46. The summed E-state index contributed by atoms with van der Waals surface area (Å²) < 4.78 is 0. The van der Waals surface area contributed by atoms with E-state index in [0.29, 0.717) is 13.1 Å². The molecule has 142 valence electrons. The van der Waals surface area contributed by atoms with Crippen LogP contribution >= 0.6 is 0 Å². The number of hydrogen-bond donors (Lipinski definition) is 1. The molecule has 3 aromatic rings. The van der Waals surface area contributed by atoms with Crippen molar-refractivity contribution in [3.8, 4) is 0 Å². The number of nitrogens with one attached hydrogen (secondary N) is 1. The van der Waals surface area contributed by atoms with E-state index in [-0.39, 0.29) is 16.5 Å². The molecule has 4 rings (SSSR count). The molecule has 0 unspecified atom stereocenters. The SMILES string of the molecule is O=C(c1cccc2ccccc12)N1CC[NH+](Cc2cccc([N+](=O)[O-])c2)CC1. The normalized spacial score (nSPS) is 14.9. The first kappa shape index (κ1) is 18.1. The van der Waals surface area contributed by atoms with Gasteiger partial charge < -0.3 is 9.80 Å². The fourth-order valence-electron chi connectivity index (χ4n) is 3.85. The molecule has 1 aliphatic rings. The number of piperazine rings is 1. The molecule has 1 heterocycles. The summed E-state index contributed by atoms with van der Waals surface area (Å²) in [5, 5.41) is 13.0. The third-order valence-corrected chi connectivity index (χ3v) is 5.35. The van der Waals surface area contributed by atoms with E-state index >= 15 is 0 Å². The van der Waals surface area contributed by atoms with Crippen molar-refractivity contribution in [1.82, 2.24) is 4.90 Å². The molecule has 1 saturated heterocycles. The maximum absolute atomic E-state index is 13.0. The highest BCUT2D eigenvalue weighted by Crippen LogP contribution is 2.20. The van der Waals surface area contributed by atoms with E-state index in [1.807, 2.05) is 53.4 Å². The minimum absolute atomic E-state index is 0.0752. The minimum Gasteiger partial charge on any atom is -0.328 e. The third kappa shape index (κ3) is 3.73. The average molecular weight is 376 g/mol. The molecule has 1 amide bonds. The summed E-state index contributed by atoms with van der Waals surface area (Å²) in [6.45, 7) is 3.77. The number of hydrogen-bond acceptors (Lipinski definition) is 3. The smallest absolute Gasteiger partial charge is 0.269 e. The molecule has 0 saturated carbocycles. The second-order valence-corrected chi connectivity index (χ2v) is 7.17. The molecule has 28 heavy (non-hydrogen) atoms. The summed E-state index contributed by atoms with van der Waals surface area (Å²) in [6, 6.07) is 20.6. The largest absolute Gasteiger partial charge is 0.328 e. The molecule has 3 aromatic carbocycles. The molecular formula is C22H22N3O3+. The predicted octanol–water partition coefficient (Wildman–Crippen LogP) is 2.29. The van der Waals surface area contributed by atoms with Gasteiger partial charge in [0.05, 0.1) is 31.1 Å². The number of fused-ring (bicyclic) bond motifs is 1. The van der Waals surface area contributed by atoms with E-state index in [1.165, 1.54) is 11.0 Å². The van der Waals surface area contributed by atoms with Gasteiger partial charge in [0, 0.05) is 23.3 Å². The third-order valence-electron chi connectivity index (χ3n) is 5.35. The Morgan fingerprint density at radius 2 is 1.71 bits per heavy atom. The van der Waals surface area contributed by atoms with Gasteiger partial charge in [-0.25, -0.2) is 0 Å². The van der Waals surface area contributed by atoms with Gasteiger partial charge >= 0.3 is 0 Å². The van der Waals surface area contributed by atoms with Crippen LogP contribution in [0.1, 0.15) is 15.9 Å². The number of quaternary nitrogens is 1. The van der Waals surface area contributed by atoms with E-state index in [0.717, 1.165) is 41.5 Å². The van der Waals surface area contributed by atoms with Crippen LogP contribution in [-0.4, -0.2) is 41.9 Å². The van der Waals surface area contributed by atoms with E-state index < -0.39 is 0 Å². The van der Waals surface area contributed by atoms with Crippen LogP contribution in [0.4, 0.5) is 5.69 Å². The molecule has 6 nitrogen and oxygen atoms in total.